The molecule has 0 saturated heterocycles. The van der Waals surface area contributed by atoms with Crippen LogP contribution in [0.15, 0.2) is 97.2 Å². The molecule has 0 bridgehead atoms. The van der Waals surface area contributed by atoms with Crippen LogP contribution in [0, 0.1) is 0 Å². The SMILES string of the molecule is CC/C=C\C/C=C\C/C=C\C/C=C\CCCCCCCCCCCCC(=O)OCC(COC(=O)CCCCCCCCC/C=C\C/C=C\CCCCCC)OC(=O)CCCCCCCCCCC/C=C\C/C=C\CCCCCCC. The molecule has 0 aromatic carbocycles. The summed E-state index contributed by atoms with van der Waals surface area (Å²) in [5, 5.41) is 0. The molecule has 0 aliphatic heterocycles. The van der Waals surface area contributed by atoms with Crippen molar-refractivity contribution >= 4 is 17.9 Å². The van der Waals surface area contributed by atoms with Gasteiger partial charge in [0.1, 0.15) is 13.2 Å². The van der Waals surface area contributed by atoms with Gasteiger partial charge in [0.2, 0.25) is 0 Å². The molecule has 0 aliphatic carbocycles. The van der Waals surface area contributed by atoms with Crippen molar-refractivity contribution in [3.63, 3.8) is 0 Å². The number of unbranched alkanes of at least 4 members (excludes halogenated alkanes) is 35. The molecule has 1 atom stereocenters. The van der Waals surface area contributed by atoms with Crippen molar-refractivity contribution in [3.05, 3.63) is 97.2 Å². The van der Waals surface area contributed by atoms with Gasteiger partial charge in [-0.3, -0.25) is 14.4 Å². The van der Waals surface area contributed by atoms with Crippen molar-refractivity contribution in [2.75, 3.05) is 13.2 Å². The van der Waals surface area contributed by atoms with Crippen LogP contribution in [0.5, 0.6) is 0 Å². The Morgan fingerprint density at radius 3 is 0.775 bits per heavy atom. The number of esters is 3. The van der Waals surface area contributed by atoms with Crippen molar-refractivity contribution in [2.45, 2.75) is 341 Å². The molecule has 0 heterocycles. The maximum absolute atomic E-state index is 13.0. The zero-order valence-electron chi connectivity index (χ0n) is 52.8. The monoisotopic (exact) mass is 1110 g/mol. The van der Waals surface area contributed by atoms with Gasteiger partial charge in [-0.2, -0.15) is 0 Å². The lowest BCUT2D eigenvalue weighted by Gasteiger charge is -2.18. The van der Waals surface area contributed by atoms with E-state index in [0.29, 0.717) is 19.3 Å². The molecule has 0 rings (SSSR count). The molecule has 1 unspecified atom stereocenters. The molecule has 0 radical (unpaired) electrons. The van der Waals surface area contributed by atoms with Gasteiger partial charge in [-0.1, -0.05) is 291 Å². The molecular weight excluding hydrogens is 985 g/mol. The van der Waals surface area contributed by atoms with Gasteiger partial charge in [0.25, 0.3) is 0 Å². The van der Waals surface area contributed by atoms with E-state index < -0.39 is 6.10 Å². The minimum Gasteiger partial charge on any atom is -0.462 e. The Morgan fingerprint density at radius 2 is 0.487 bits per heavy atom. The second-order valence-corrected chi connectivity index (χ2v) is 22.7. The number of allylic oxidation sites excluding steroid dienone is 16. The Labute approximate surface area is 496 Å². The average molecular weight is 1110 g/mol. The molecule has 0 spiro atoms. The first-order valence-corrected chi connectivity index (χ1v) is 34.2. The zero-order valence-corrected chi connectivity index (χ0v) is 52.8. The van der Waals surface area contributed by atoms with E-state index in [1.165, 1.54) is 193 Å². The van der Waals surface area contributed by atoms with Crippen LogP contribution in [0.3, 0.4) is 0 Å². The lowest BCUT2D eigenvalue weighted by molar-refractivity contribution is -0.167. The van der Waals surface area contributed by atoms with Crippen molar-refractivity contribution < 1.29 is 28.6 Å². The highest BCUT2D eigenvalue weighted by Crippen LogP contribution is 2.16. The van der Waals surface area contributed by atoms with E-state index in [1.807, 2.05) is 0 Å². The standard InChI is InChI=1S/C74H128O6/c1-4-7-10-13-16-19-22-25-28-31-34-36-37-39-40-43-46-49-52-55-58-61-64-67-73(76)79-70-71(69-78-72(75)66-63-60-57-54-51-48-45-42-33-30-27-24-21-18-15-12-9-6-3)80-74(77)68-65-62-59-56-53-50-47-44-41-38-35-32-29-26-23-20-17-14-11-8-5-2/h7,10,16,19,21,23-26,28,30,32-36,71H,4-6,8-9,11-15,17-18,20,22,27,29,31,37-70H2,1-3H3/b10-7-,19-16-,24-21-,26-23-,28-25-,33-30-,35-32-,36-34-. The summed E-state index contributed by atoms with van der Waals surface area (Å²) < 4.78 is 17.0. The van der Waals surface area contributed by atoms with Crippen LogP contribution in [0.4, 0.5) is 0 Å². The van der Waals surface area contributed by atoms with E-state index in [0.717, 1.165) is 103 Å². The van der Waals surface area contributed by atoms with Crippen LogP contribution in [0.1, 0.15) is 335 Å². The Balaban J connectivity index is 4.39. The normalized spacial score (nSPS) is 12.7. The van der Waals surface area contributed by atoms with Crippen LogP contribution >= 0.6 is 0 Å². The second kappa shape index (κ2) is 67.8. The number of carbonyl (C=O) groups excluding carboxylic acids is 3. The van der Waals surface area contributed by atoms with Gasteiger partial charge in [0, 0.05) is 19.3 Å². The first-order chi connectivity index (χ1) is 39.5. The van der Waals surface area contributed by atoms with Crippen LogP contribution in [0.25, 0.3) is 0 Å². The third-order valence-electron chi connectivity index (χ3n) is 14.8. The van der Waals surface area contributed by atoms with Crippen LogP contribution in [-0.2, 0) is 28.6 Å². The quantitative estimate of drug-likeness (QED) is 0.0261. The Bertz CT molecular complexity index is 1560. The molecular formula is C74H128O6. The number of hydrogen-bond acceptors (Lipinski definition) is 6. The second-order valence-electron chi connectivity index (χ2n) is 22.7. The Kier molecular flexibility index (Phi) is 64.7. The Hall–Kier alpha value is -3.67. The van der Waals surface area contributed by atoms with Gasteiger partial charge in [-0.25, -0.2) is 0 Å². The van der Waals surface area contributed by atoms with Gasteiger partial charge in [0.15, 0.2) is 6.10 Å². The smallest absolute Gasteiger partial charge is 0.306 e. The minimum absolute atomic E-state index is 0.0831. The topological polar surface area (TPSA) is 78.9 Å². The third-order valence-corrected chi connectivity index (χ3v) is 14.8. The van der Waals surface area contributed by atoms with E-state index in [2.05, 4.69) is 118 Å². The van der Waals surface area contributed by atoms with Gasteiger partial charge >= 0.3 is 17.9 Å². The fourth-order valence-corrected chi connectivity index (χ4v) is 9.67. The van der Waals surface area contributed by atoms with Gasteiger partial charge in [-0.15, -0.1) is 0 Å². The molecule has 6 heteroatoms. The number of ether oxygens (including phenoxy) is 3. The molecule has 0 amide bonds. The molecule has 0 saturated carbocycles. The molecule has 80 heavy (non-hydrogen) atoms. The lowest BCUT2D eigenvalue weighted by atomic mass is 10.1. The van der Waals surface area contributed by atoms with Crippen molar-refractivity contribution in [1.82, 2.24) is 0 Å². The fourth-order valence-electron chi connectivity index (χ4n) is 9.67. The van der Waals surface area contributed by atoms with E-state index in [1.54, 1.807) is 0 Å². The largest absolute Gasteiger partial charge is 0.462 e. The summed E-state index contributed by atoms with van der Waals surface area (Å²) in [4.78, 5) is 38.5. The van der Waals surface area contributed by atoms with E-state index in [-0.39, 0.29) is 31.1 Å². The predicted molar refractivity (Wildman–Crippen MR) is 348 cm³/mol. The zero-order chi connectivity index (χ0) is 57.8. The highest BCUT2D eigenvalue weighted by atomic mass is 16.6. The highest BCUT2D eigenvalue weighted by molar-refractivity contribution is 5.71. The summed E-state index contributed by atoms with van der Waals surface area (Å²) in [6, 6.07) is 0. The summed E-state index contributed by atoms with van der Waals surface area (Å²) in [5.41, 5.74) is 0. The maximum Gasteiger partial charge on any atom is 0.306 e. The van der Waals surface area contributed by atoms with Crippen LogP contribution in [-0.4, -0.2) is 37.2 Å². The Morgan fingerprint density at radius 1 is 0.263 bits per heavy atom. The number of carbonyl (C=O) groups is 3. The highest BCUT2D eigenvalue weighted by Gasteiger charge is 2.19. The van der Waals surface area contributed by atoms with E-state index in [4.69, 9.17) is 14.2 Å². The summed E-state index contributed by atoms with van der Waals surface area (Å²) in [7, 11) is 0. The lowest BCUT2D eigenvalue weighted by Crippen LogP contribution is -2.30. The van der Waals surface area contributed by atoms with Crippen LogP contribution < -0.4 is 0 Å². The fraction of sp³-hybridized carbons (Fsp3) is 0.743. The maximum atomic E-state index is 13.0. The van der Waals surface area contributed by atoms with Crippen LogP contribution in [0.2, 0.25) is 0 Å². The first kappa shape index (κ1) is 76.3. The molecule has 0 N–H and O–H groups in total. The average Bonchev–Trinajstić information content (AvgIpc) is 3.46. The van der Waals surface area contributed by atoms with Gasteiger partial charge in [-0.05, 0) is 122 Å². The van der Waals surface area contributed by atoms with Gasteiger partial charge < -0.3 is 14.2 Å². The predicted octanol–water partition coefficient (Wildman–Crippen LogP) is 23.6. The van der Waals surface area contributed by atoms with Crippen molar-refractivity contribution in [2.24, 2.45) is 0 Å². The summed E-state index contributed by atoms with van der Waals surface area (Å²) in [5.74, 6) is -0.885. The first-order valence-electron chi connectivity index (χ1n) is 34.2. The summed E-state index contributed by atoms with van der Waals surface area (Å²) >= 11 is 0. The molecule has 0 fully saturated rings. The molecule has 0 aliphatic rings. The van der Waals surface area contributed by atoms with Gasteiger partial charge in [0.05, 0.1) is 0 Å². The van der Waals surface area contributed by atoms with Crippen molar-refractivity contribution in [1.29, 1.82) is 0 Å². The summed E-state index contributed by atoms with van der Waals surface area (Å²) in [6.07, 6.45) is 91.2. The molecule has 0 aromatic heterocycles. The minimum atomic E-state index is -0.788. The summed E-state index contributed by atoms with van der Waals surface area (Å²) in [6.45, 7) is 6.53. The van der Waals surface area contributed by atoms with Crippen molar-refractivity contribution in [3.8, 4) is 0 Å². The molecule has 460 valence electrons. The number of rotatable bonds is 62. The van der Waals surface area contributed by atoms with E-state index in [9.17, 15) is 14.4 Å². The third kappa shape index (κ3) is 65.1. The number of hydrogen-bond donors (Lipinski definition) is 0. The molecule has 0 aromatic rings. The molecule has 6 nitrogen and oxygen atoms in total. The van der Waals surface area contributed by atoms with E-state index >= 15 is 0 Å².